The van der Waals surface area contributed by atoms with Crippen molar-refractivity contribution in [3.05, 3.63) is 59.7 Å². The molecule has 1 aliphatic carbocycles. The SMILES string of the molecule is c1ccc2c3c(c4ccccc4c2c#1)CC3. The van der Waals surface area contributed by atoms with Crippen molar-refractivity contribution in [2.45, 2.75) is 12.8 Å². The van der Waals surface area contributed by atoms with Gasteiger partial charge in [0.2, 0.25) is 0 Å². The molecule has 0 amide bonds. The van der Waals surface area contributed by atoms with Crippen LogP contribution in [0.3, 0.4) is 0 Å². The second-order valence-electron chi connectivity index (χ2n) is 4.39. The zero-order valence-corrected chi connectivity index (χ0v) is 8.88. The van der Waals surface area contributed by atoms with E-state index in [2.05, 4.69) is 42.5 Å². The fourth-order valence-corrected chi connectivity index (χ4v) is 2.79. The maximum atomic E-state index is 3.27. The van der Waals surface area contributed by atoms with Crippen molar-refractivity contribution in [3.63, 3.8) is 0 Å². The van der Waals surface area contributed by atoms with Gasteiger partial charge in [-0.15, -0.1) is 0 Å². The van der Waals surface area contributed by atoms with Gasteiger partial charge in [-0.2, -0.15) is 0 Å². The predicted molar refractivity (Wildman–Crippen MR) is 66.5 cm³/mol. The minimum absolute atomic E-state index is 1.22. The monoisotopic (exact) mass is 202 g/mol. The molecule has 0 bridgehead atoms. The minimum Gasteiger partial charge on any atom is -0.0695 e. The van der Waals surface area contributed by atoms with Crippen molar-refractivity contribution in [1.82, 2.24) is 0 Å². The topological polar surface area (TPSA) is 0 Å². The zero-order chi connectivity index (χ0) is 10.5. The molecule has 0 atom stereocenters. The average molecular weight is 202 g/mol. The van der Waals surface area contributed by atoms with Crippen LogP contribution in [-0.4, -0.2) is 0 Å². The maximum absolute atomic E-state index is 3.27. The third-order valence-corrected chi connectivity index (χ3v) is 3.64. The Morgan fingerprint density at radius 1 is 0.812 bits per heavy atom. The summed E-state index contributed by atoms with van der Waals surface area (Å²) < 4.78 is 0. The highest BCUT2D eigenvalue weighted by Crippen LogP contribution is 2.37. The Morgan fingerprint density at radius 3 is 2.38 bits per heavy atom. The first-order valence-electron chi connectivity index (χ1n) is 5.70. The highest BCUT2D eigenvalue weighted by Gasteiger charge is 2.19. The van der Waals surface area contributed by atoms with E-state index in [1.54, 1.807) is 5.56 Å². The molecule has 0 fully saturated rings. The summed E-state index contributed by atoms with van der Waals surface area (Å²) in [6.45, 7) is 0. The molecule has 3 aromatic rings. The third-order valence-electron chi connectivity index (χ3n) is 3.64. The zero-order valence-electron chi connectivity index (χ0n) is 8.88. The van der Waals surface area contributed by atoms with Crippen LogP contribution in [0.25, 0.3) is 21.5 Å². The largest absolute Gasteiger partial charge is 0.0695 e. The van der Waals surface area contributed by atoms with Gasteiger partial charge in [-0.25, -0.2) is 0 Å². The molecule has 1 aliphatic rings. The number of fused-ring (bicyclic) bond motifs is 6. The quantitative estimate of drug-likeness (QED) is 0.521. The Labute approximate surface area is 94.5 Å². The molecule has 0 aromatic heterocycles. The molecule has 0 saturated heterocycles. The first kappa shape index (κ1) is 8.19. The van der Waals surface area contributed by atoms with Gasteiger partial charge in [0.1, 0.15) is 0 Å². The summed E-state index contributed by atoms with van der Waals surface area (Å²) in [5.41, 5.74) is 3.07. The second-order valence-corrected chi connectivity index (χ2v) is 4.39. The van der Waals surface area contributed by atoms with Crippen LogP contribution in [0, 0.1) is 12.1 Å². The summed E-state index contributed by atoms with van der Waals surface area (Å²) in [7, 11) is 0. The molecule has 0 heterocycles. The van der Waals surface area contributed by atoms with E-state index in [0.29, 0.717) is 0 Å². The van der Waals surface area contributed by atoms with Gasteiger partial charge >= 0.3 is 0 Å². The standard InChI is InChI=1S/C16H10/c1-3-7-13-11(5-1)12-6-2-4-8-14(12)16-10-9-15(13)16/h1,3-5,7-8H,9-10H2. The summed E-state index contributed by atoms with van der Waals surface area (Å²) in [6, 6.07) is 19.1. The Morgan fingerprint density at radius 2 is 1.56 bits per heavy atom. The number of rotatable bonds is 0. The summed E-state index contributed by atoms with van der Waals surface area (Å²) in [4.78, 5) is 0. The van der Waals surface area contributed by atoms with Crippen LogP contribution in [0.15, 0.2) is 36.4 Å². The maximum Gasteiger partial charge on any atom is 0.0402 e. The lowest BCUT2D eigenvalue weighted by atomic mass is 9.80. The van der Waals surface area contributed by atoms with Gasteiger partial charge in [-0.1, -0.05) is 36.4 Å². The van der Waals surface area contributed by atoms with Crippen LogP contribution in [0.2, 0.25) is 0 Å². The highest BCUT2D eigenvalue weighted by atomic mass is 14.2. The van der Waals surface area contributed by atoms with E-state index in [4.69, 9.17) is 0 Å². The van der Waals surface area contributed by atoms with E-state index in [9.17, 15) is 0 Å². The van der Waals surface area contributed by atoms with Crippen LogP contribution < -0.4 is 0 Å². The van der Waals surface area contributed by atoms with Crippen molar-refractivity contribution in [3.8, 4) is 0 Å². The first-order chi connectivity index (χ1) is 7.95. The molecule has 0 radical (unpaired) electrons. The third kappa shape index (κ3) is 0.864. The molecule has 0 aliphatic heterocycles. The Balaban J connectivity index is 2.37. The van der Waals surface area contributed by atoms with E-state index in [1.807, 2.05) is 6.07 Å². The van der Waals surface area contributed by atoms with Crippen molar-refractivity contribution in [2.75, 3.05) is 0 Å². The van der Waals surface area contributed by atoms with E-state index in [0.717, 1.165) is 0 Å². The predicted octanol–water partition coefficient (Wildman–Crippen LogP) is 3.69. The fourth-order valence-electron chi connectivity index (χ4n) is 2.79. The van der Waals surface area contributed by atoms with Gasteiger partial charge in [0, 0.05) is 5.39 Å². The van der Waals surface area contributed by atoms with Crippen LogP contribution in [0.5, 0.6) is 0 Å². The van der Waals surface area contributed by atoms with E-state index in [-0.39, 0.29) is 0 Å². The van der Waals surface area contributed by atoms with Gasteiger partial charge in [-0.05, 0) is 52.3 Å². The Kier molecular flexibility index (Phi) is 1.42. The molecule has 0 nitrogen and oxygen atoms in total. The van der Waals surface area contributed by atoms with E-state index < -0.39 is 0 Å². The molecule has 0 spiro atoms. The van der Waals surface area contributed by atoms with Gasteiger partial charge in [0.15, 0.2) is 0 Å². The highest BCUT2D eigenvalue weighted by molar-refractivity contribution is 6.10. The molecule has 0 saturated carbocycles. The smallest absolute Gasteiger partial charge is 0.0402 e. The fraction of sp³-hybridized carbons (Fsp3) is 0.125. The normalized spacial score (nSPS) is 13.2. The van der Waals surface area contributed by atoms with Gasteiger partial charge in [0.25, 0.3) is 0 Å². The van der Waals surface area contributed by atoms with Crippen LogP contribution in [-0.2, 0) is 12.8 Å². The summed E-state index contributed by atoms with van der Waals surface area (Å²) in [6.07, 6.45) is 2.44. The number of hydrogen-bond donors (Lipinski definition) is 0. The number of benzene rings is 2. The van der Waals surface area contributed by atoms with E-state index >= 15 is 0 Å². The van der Waals surface area contributed by atoms with Crippen molar-refractivity contribution in [1.29, 1.82) is 0 Å². The molecule has 4 rings (SSSR count). The molecular formula is C16H10. The number of aryl methyl sites for hydroxylation is 2. The van der Waals surface area contributed by atoms with Gasteiger partial charge in [0.05, 0.1) is 0 Å². The molecular weight excluding hydrogens is 192 g/mol. The van der Waals surface area contributed by atoms with Gasteiger partial charge in [-0.3, -0.25) is 0 Å². The molecule has 3 aromatic carbocycles. The van der Waals surface area contributed by atoms with Crippen LogP contribution in [0.1, 0.15) is 11.1 Å². The Hall–Kier alpha value is -2.00. The lowest BCUT2D eigenvalue weighted by Crippen LogP contribution is -2.09. The summed E-state index contributed by atoms with van der Waals surface area (Å²) in [5.74, 6) is 0. The molecule has 16 heavy (non-hydrogen) atoms. The minimum atomic E-state index is 1.22. The van der Waals surface area contributed by atoms with Crippen molar-refractivity contribution >= 4 is 21.5 Å². The van der Waals surface area contributed by atoms with Gasteiger partial charge < -0.3 is 0 Å². The Bertz CT molecular complexity index is 645. The second kappa shape index (κ2) is 2.77. The van der Waals surface area contributed by atoms with Crippen molar-refractivity contribution < 1.29 is 0 Å². The molecule has 74 valence electrons. The lowest BCUT2D eigenvalue weighted by molar-refractivity contribution is 0.864. The number of hydrogen-bond acceptors (Lipinski definition) is 0. The molecule has 0 N–H and O–H groups in total. The lowest BCUT2D eigenvalue weighted by Gasteiger charge is -2.23. The van der Waals surface area contributed by atoms with Crippen LogP contribution >= 0.6 is 0 Å². The van der Waals surface area contributed by atoms with Crippen molar-refractivity contribution in [2.24, 2.45) is 0 Å². The molecule has 0 unspecified atom stereocenters. The van der Waals surface area contributed by atoms with Crippen LogP contribution in [0.4, 0.5) is 0 Å². The summed E-state index contributed by atoms with van der Waals surface area (Å²) >= 11 is 0. The summed E-state index contributed by atoms with van der Waals surface area (Å²) in [5, 5.41) is 5.34. The van der Waals surface area contributed by atoms with E-state index in [1.165, 1.54) is 39.9 Å². The molecule has 0 heteroatoms. The first-order valence-corrected chi connectivity index (χ1v) is 5.70. The average Bonchev–Trinajstić information content (AvgIpc) is 2.29.